The normalized spacial score (nSPS) is 10.9. The molecule has 0 aliphatic carbocycles. The van der Waals surface area contributed by atoms with Crippen LogP contribution in [0.2, 0.25) is 0 Å². The van der Waals surface area contributed by atoms with Crippen molar-refractivity contribution in [2.24, 2.45) is 0 Å². The second kappa shape index (κ2) is 12.1. The average Bonchev–Trinajstić information content (AvgIpc) is 3.24. The second-order valence-corrected chi connectivity index (χ2v) is 7.45. The van der Waals surface area contributed by atoms with Gasteiger partial charge in [-0.1, -0.05) is 28.9 Å². The number of hydrogen-bond acceptors (Lipinski definition) is 7. The number of ether oxygens (including phenoxy) is 3. The smallest absolute Gasteiger partial charge is 0.267 e. The molecule has 0 saturated carbocycles. The van der Waals surface area contributed by atoms with Gasteiger partial charge in [-0.25, -0.2) is 0 Å². The summed E-state index contributed by atoms with van der Waals surface area (Å²) in [7, 11) is 0. The average molecular weight is 462 g/mol. The summed E-state index contributed by atoms with van der Waals surface area (Å²) < 4.78 is 22.2. The number of benzene rings is 2. The summed E-state index contributed by atoms with van der Waals surface area (Å²) in [5.41, 5.74) is 1.73. The number of rotatable bonds is 11. The first-order chi connectivity index (χ1) is 16.5. The van der Waals surface area contributed by atoms with Gasteiger partial charge in [-0.2, -0.15) is 5.26 Å². The SMILES string of the molecule is CCOc1cc(C=C(C#N)C(=O)Nc2cc(C)on2)ccc1OCCCOc1ccc(C)cc1. The fourth-order valence-electron chi connectivity index (χ4n) is 2.99. The maximum absolute atomic E-state index is 12.4. The molecule has 1 aromatic heterocycles. The minimum absolute atomic E-state index is 0.0787. The highest BCUT2D eigenvalue weighted by Crippen LogP contribution is 2.29. The number of aryl methyl sites for hydroxylation is 2. The monoisotopic (exact) mass is 461 g/mol. The molecule has 0 saturated heterocycles. The van der Waals surface area contributed by atoms with Crippen molar-refractivity contribution in [2.45, 2.75) is 27.2 Å². The predicted molar refractivity (Wildman–Crippen MR) is 128 cm³/mol. The van der Waals surface area contributed by atoms with E-state index in [-0.39, 0.29) is 11.4 Å². The summed E-state index contributed by atoms with van der Waals surface area (Å²) in [6.07, 6.45) is 2.17. The molecule has 1 heterocycles. The quantitative estimate of drug-likeness (QED) is 0.241. The molecule has 0 spiro atoms. The molecule has 3 rings (SSSR count). The first-order valence-electron chi connectivity index (χ1n) is 10.9. The molecule has 8 nitrogen and oxygen atoms in total. The van der Waals surface area contributed by atoms with E-state index in [4.69, 9.17) is 18.7 Å². The number of hydrogen-bond donors (Lipinski definition) is 1. The van der Waals surface area contributed by atoms with Crippen LogP contribution in [0.25, 0.3) is 6.08 Å². The van der Waals surface area contributed by atoms with Crippen LogP contribution in [0.4, 0.5) is 5.82 Å². The van der Waals surface area contributed by atoms with E-state index in [0.717, 1.165) is 5.75 Å². The van der Waals surface area contributed by atoms with Crippen LogP contribution >= 0.6 is 0 Å². The van der Waals surface area contributed by atoms with Gasteiger partial charge in [-0.05, 0) is 56.7 Å². The largest absolute Gasteiger partial charge is 0.493 e. The van der Waals surface area contributed by atoms with Gasteiger partial charge in [0.2, 0.25) is 0 Å². The Morgan fingerprint density at radius 1 is 1.06 bits per heavy atom. The van der Waals surface area contributed by atoms with Crippen LogP contribution in [0.15, 0.2) is 58.6 Å². The van der Waals surface area contributed by atoms with E-state index >= 15 is 0 Å². The number of nitrogens with one attached hydrogen (secondary N) is 1. The molecule has 176 valence electrons. The van der Waals surface area contributed by atoms with E-state index in [2.05, 4.69) is 10.5 Å². The zero-order valence-electron chi connectivity index (χ0n) is 19.5. The molecule has 8 heteroatoms. The number of carbonyl (C=O) groups excluding carboxylic acids is 1. The number of amides is 1. The van der Waals surface area contributed by atoms with Crippen molar-refractivity contribution in [1.82, 2.24) is 5.16 Å². The molecule has 0 aliphatic rings. The molecule has 0 atom stereocenters. The summed E-state index contributed by atoms with van der Waals surface area (Å²) in [6, 6.07) is 16.6. The third-order valence-electron chi connectivity index (χ3n) is 4.65. The van der Waals surface area contributed by atoms with Crippen LogP contribution in [0, 0.1) is 25.2 Å². The van der Waals surface area contributed by atoms with E-state index in [9.17, 15) is 10.1 Å². The highest BCUT2D eigenvalue weighted by molar-refractivity contribution is 6.09. The molecule has 2 aromatic carbocycles. The lowest BCUT2D eigenvalue weighted by Gasteiger charge is -2.13. The number of nitrogens with zero attached hydrogens (tertiary/aromatic N) is 2. The van der Waals surface area contributed by atoms with Crippen molar-refractivity contribution in [3.63, 3.8) is 0 Å². The lowest BCUT2D eigenvalue weighted by atomic mass is 10.1. The van der Waals surface area contributed by atoms with E-state index < -0.39 is 5.91 Å². The molecule has 0 radical (unpaired) electrons. The third kappa shape index (κ3) is 7.14. The fraction of sp³-hybridized carbons (Fsp3) is 0.269. The van der Waals surface area contributed by atoms with Crippen molar-refractivity contribution in [3.8, 4) is 23.3 Å². The predicted octanol–water partition coefficient (Wildman–Crippen LogP) is 5.08. The van der Waals surface area contributed by atoms with Crippen molar-refractivity contribution >= 4 is 17.8 Å². The van der Waals surface area contributed by atoms with Gasteiger partial charge in [-0.15, -0.1) is 0 Å². The van der Waals surface area contributed by atoms with Crippen molar-refractivity contribution in [1.29, 1.82) is 5.26 Å². The van der Waals surface area contributed by atoms with E-state index in [1.54, 1.807) is 31.2 Å². The summed E-state index contributed by atoms with van der Waals surface area (Å²) in [5.74, 6) is 2.15. The van der Waals surface area contributed by atoms with Crippen LogP contribution in [0.5, 0.6) is 17.2 Å². The van der Waals surface area contributed by atoms with Gasteiger partial charge in [0.1, 0.15) is 23.2 Å². The van der Waals surface area contributed by atoms with Gasteiger partial charge in [0.25, 0.3) is 5.91 Å². The molecule has 0 bridgehead atoms. The lowest BCUT2D eigenvalue weighted by molar-refractivity contribution is -0.112. The third-order valence-corrected chi connectivity index (χ3v) is 4.65. The van der Waals surface area contributed by atoms with Crippen LogP contribution in [-0.4, -0.2) is 30.9 Å². The molecule has 0 aliphatic heterocycles. The Morgan fingerprint density at radius 3 is 2.50 bits per heavy atom. The number of nitriles is 1. The maximum atomic E-state index is 12.4. The Balaban J connectivity index is 1.60. The Hall–Kier alpha value is -4.25. The van der Waals surface area contributed by atoms with Crippen LogP contribution in [-0.2, 0) is 4.79 Å². The van der Waals surface area contributed by atoms with Crippen molar-refractivity contribution in [2.75, 3.05) is 25.1 Å². The van der Waals surface area contributed by atoms with Gasteiger partial charge >= 0.3 is 0 Å². The van der Waals surface area contributed by atoms with E-state index in [0.29, 0.717) is 49.1 Å². The van der Waals surface area contributed by atoms with Crippen LogP contribution < -0.4 is 19.5 Å². The van der Waals surface area contributed by atoms with Crippen molar-refractivity contribution in [3.05, 3.63) is 71.0 Å². The van der Waals surface area contributed by atoms with Crippen LogP contribution in [0.3, 0.4) is 0 Å². The van der Waals surface area contributed by atoms with Gasteiger partial charge in [0, 0.05) is 12.5 Å². The van der Waals surface area contributed by atoms with Gasteiger partial charge in [0.05, 0.1) is 19.8 Å². The van der Waals surface area contributed by atoms with E-state index in [1.807, 2.05) is 44.2 Å². The second-order valence-electron chi connectivity index (χ2n) is 7.45. The Morgan fingerprint density at radius 2 is 1.82 bits per heavy atom. The highest BCUT2D eigenvalue weighted by Gasteiger charge is 2.13. The summed E-state index contributed by atoms with van der Waals surface area (Å²) in [4.78, 5) is 12.4. The lowest BCUT2D eigenvalue weighted by Crippen LogP contribution is -2.13. The number of carbonyl (C=O) groups is 1. The summed E-state index contributed by atoms with van der Waals surface area (Å²) in [6.45, 7) is 7.03. The maximum Gasteiger partial charge on any atom is 0.267 e. The molecule has 3 aromatic rings. The molecule has 1 N–H and O–H groups in total. The van der Waals surface area contributed by atoms with Crippen LogP contribution in [0.1, 0.15) is 30.2 Å². The Kier molecular flexibility index (Phi) is 8.69. The molecular formula is C26H27N3O5. The summed E-state index contributed by atoms with van der Waals surface area (Å²) in [5, 5.41) is 15.7. The highest BCUT2D eigenvalue weighted by atomic mass is 16.5. The number of aromatic nitrogens is 1. The minimum atomic E-state index is -0.581. The molecule has 0 unspecified atom stereocenters. The molecular weight excluding hydrogens is 434 g/mol. The van der Waals surface area contributed by atoms with Gasteiger partial charge < -0.3 is 24.1 Å². The first kappa shape index (κ1) is 24.4. The van der Waals surface area contributed by atoms with E-state index in [1.165, 1.54) is 11.6 Å². The molecule has 34 heavy (non-hydrogen) atoms. The first-order valence-corrected chi connectivity index (χ1v) is 10.9. The van der Waals surface area contributed by atoms with Gasteiger partial charge in [0.15, 0.2) is 17.3 Å². The minimum Gasteiger partial charge on any atom is -0.493 e. The van der Waals surface area contributed by atoms with Gasteiger partial charge in [-0.3, -0.25) is 4.79 Å². The zero-order valence-corrected chi connectivity index (χ0v) is 19.5. The molecule has 0 fully saturated rings. The zero-order chi connectivity index (χ0) is 24.3. The fourth-order valence-corrected chi connectivity index (χ4v) is 2.99. The van der Waals surface area contributed by atoms with Crippen molar-refractivity contribution < 1.29 is 23.5 Å². The number of anilines is 1. The topological polar surface area (TPSA) is 107 Å². The summed E-state index contributed by atoms with van der Waals surface area (Å²) >= 11 is 0. The Bertz CT molecular complexity index is 1180. The standard InChI is InChI=1S/C26H27N3O5/c1-4-31-24-16-20(15-21(17-27)26(30)28-25-14-19(3)34-29-25)8-11-23(24)33-13-5-12-32-22-9-6-18(2)7-10-22/h6-11,14-16H,4-5,12-13H2,1-3H3,(H,28,29,30). The molecule has 1 amide bonds. The Labute approximate surface area is 198 Å².